The maximum Gasteiger partial charge on any atom is 0.453 e. The van der Waals surface area contributed by atoms with Gasteiger partial charge in [0.15, 0.2) is 0 Å². The second-order valence-electron chi connectivity index (χ2n) is 5.08. The molecule has 1 fully saturated rings. The van der Waals surface area contributed by atoms with E-state index in [1.54, 1.807) is 0 Å². The summed E-state index contributed by atoms with van der Waals surface area (Å²) in [6.45, 7) is 1.79. The van der Waals surface area contributed by atoms with Crippen LogP contribution in [0.3, 0.4) is 0 Å². The summed E-state index contributed by atoms with van der Waals surface area (Å²) < 4.78 is 71.5. The van der Waals surface area contributed by atoms with Gasteiger partial charge in [-0.25, -0.2) is 0 Å². The van der Waals surface area contributed by atoms with Crippen LogP contribution in [0.1, 0.15) is 44.9 Å². The van der Waals surface area contributed by atoms with Gasteiger partial charge in [-0.3, -0.25) is 0 Å². The topological polar surface area (TPSA) is 18.5 Å². The van der Waals surface area contributed by atoms with Gasteiger partial charge in [0.05, 0.1) is 12.7 Å². The lowest BCUT2D eigenvalue weighted by Crippen LogP contribution is -2.36. The van der Waals surface area contributed by atoms with Crippen molar-refractivity contribution < 1.29 is 31.4 Å². The largest absolute Gasteiger partial charge is 0.453 e. The average Bonchev–Trinajstić information content (AvgIpc) is 2.84. The van der Waals surface area contributed by atoms with Crippen LogP contribution in [0.2, 0.25) is 0 Å². The average molecular weight is 304 g/mol. The first-order valence-corrected chi connectivity index (χ1v) is 6.97. The number of alkyl halides is 5. The highest BCUT2D eigenvalue weighted by Crippen LogP contribution is 2.39. The second kappa shape index (κ2) is 8.12. The number of rotatable bonds is 9. The summed E-state index contributed by atoms with van der Waals surface area (Å²) in [6, 6.07) is 0. The summed E-state index contributed by atoms with van der Waals surface area (Å²) in [6.07, 6.45) is -2.88. The fraction of sp³-hybridized carbons (Fsp3) is 1.00. The molecule has 1 rings (SSSR count). The van der Waals surface area contributed by atoms with Crippen molar-refractivity contribution in [3.63, 3.8) is 0 Å². The molecule has 0 aromatic rings. The van der Waals surface area contributed by atoms with Crippen LogP contribution in [0.4, 0.5) is 22.0 Å². The van der Waals surface area contributed by atoms with Crippen LogP contribution >= 0.6 is 0 Å². The number of hydrogen-bond donors (Lipinski definition) is 0. The van der Waals surface area contributed by atoms with Crippen molar-refractivity contribution in [3.05, 3.63) is 0 Å². The summed E-state index contributed by atoms with van der Waals surface area (Å²) in [4.78, 5) is 0. The lowest BCUT2D eigenvalue weighted by atomic mass is 10.1. The van der Waals surface area contributed by atoms with Crippen LogP contribution in [-0.2, 0) is 9.47 Å². The minimum absolute atomic E-state index is 0.127. The Labute approximate surface area is 115 Å². The molecule has 1 heterocycles. The molecule has 0 saturated carbocycles. The molecule has 1 unspecified atom stereocenters. The molecule has 0 amide bonds. The predicted octanol–water partition coefficient (Wildman–Crippen LogP) is 4.33. The standard InChI is InChI=1S/C13H21F5O2/c14-12(15,13(16,17)18)7-3-1-2-4-8-19-10-11-6-5-9-20-11/h11H,1-10H2. The molecule has 0 aromatic carbocycles. The minimum Gasteiger partial charge on any atom is -0.379 e. The van der Waals surface area contributed by atoms with Gasteiger partial charge in [-0.15, -0.1) is 0 Å². The van der Waals surface area contributed by atoms with E-state index >= 15 is 0 Å². The van der Waals surface area contributed by atoms with Crippen molar-refractivity contribution in [2.75, 3.05) is 19.8 Å². The predicted molar refractivity (Wildman–Crippen MR) is 63.9 cm³/mol. The van der Waals surface area contributed by atoms with Gasteiger partial charge in [0.2, 0.25) is 0 Å². The van der Waals surface area contributed by atoms with E-state index in [-0.39, 0.29) is 12.5 Å². The summed E-state index contributed by atoms with van der Waals surface area (Å²) >= 11 is 0. The summed E-state index contributed by atoms with van der Waals surface area (Å²) in [5.74, 6) is -4.57. The van der Waals surface area contributed by atoms with Crippen LogP contribution in [0, 0.1) is 0 Å². The SMILES string of the molecule is FC(F)(F)C(F)(F)CCCCCCOCC1CCCO1. The summed E-state index contributed by atoms with van der Waals surface area (Å²) in [5, 5.41) is 0. The number of unbranched alkanes of at least 4 members (excludes halogenated alkanes) is 3. The Morgan fingerprint density at radius 2 is 1.70 bits per heavy atom. The molecule has 0 spiro atoms. The zero-order chi connectivity index (χ0) is 15.1. The third-order valence-corrected chi connectivity index (χ3v) is 3.27. The minimum atomic E-state index is -5.43. The van der Waals surface area contributed by atoms with Gasteiger partial charge in [-0.1, -0.05) is 12.8 Å². The van der Waals surface area contributed by atoms with E-state index in [1.807, 2.05) is 0 Å². The monoisotopic (exact) mass is 304 g/mol. The fourth-order valence-electron chi connectivity index (χ4n) is 2.04. The van der Waals surface area contributed by atoms with E-state index in [9.17, 15) is 22.0 Å². The van der Waals surface area contributed by atoms with Crippen molar-refractivity contribution in [2.45, 2.75) is 63.1 Å². The number of ether oxygens (including phenoxy) is 2. The van der Waals surface area contributed by atoms with Gasteiger partial charge >= 0.3 is 12.1 Å². The zero-order valence-electron chi connectivity index (χ0n) is 11.4. The van der Waals surface area contributed by atoms with Crippen LogP contribution in [0.25, 0.3) is 0 Å². The first-order chi connectivity index (χ1) is 9.33. The molecular formula is C13H21F5O2. The van der Waals surface area contributed by atoms with Crippen molar-refractivity contribution in [3.8, 4) is 0 Å². The maximum absolute atomic E-state index is 12.6. The molecule has 0 bridgehead atoms. The van der Waals surface area contributed by atoms with Crippen molar-refractivity contribution in [2.24, 2.45) is 0 Å². The highest BCUT2D eigenvalue weighted by atomic mass is 19.4. The van der Waals surface area contributed by atoms with Gasteiger partial charge in [-0.2, -0.15) is 22.0 Å². The molecule has 1 aliphatic rings. The Kier molecular flexibility index (Phi) is 7.15. The smallest absolute Gasteiger partial charge is 0.379 e. The molecule has 0 aromatic heterocycles. The van der Waals surface area contributed by atoms with Gasteiger partial charge in [-0.05, 0) is 25.7 Å². The van der Waals surface area contributed by atoms with E-state index in [4.69, 9.17) is 9.47 Å². The zero-order valence-corrected chi connectivity index (χ0v) is 11.4. The second-order valence-corrected chi connectivity index (χ2v) is 5.08. The number of hydrogen-bond acceptors (Lipinski definition) is 2. The normalized spacial score (nSPS) is 20.6. The molecule has 0 radical (unpaired) electrons. The van der Waals surface area contributed by atoms with Crippen LogP contribution in [-0.4, -0.2) is 38.0 Å². The molecule has 120 valence electrons. The van der Waals surface area contributed by atoms with E-state index in [1.165, 1.54) is 0 Å². The molecule has 7 heteroatoms. The highest BCUT2D eigenvalue weighted by Gasteiger charge is 2.56. The van der Waals surface area contributed by atoms with Gasteiger partial charge in [0.25, 0.3) is 0 Å². The van der Waals surface area contributed by atoms with Gasteiger partial charge < -0.3 is 9.47 Å². The Hall–Kier alpha value is -0.430. The van der Waals surface area contributed by atoms with E-state index in [0.29, 0.717) is 32.5 Å². The third-order valence-electron chi connectivity index (χ3n) is 3.27. The molecule has 1 atom stereocenters. The lowest BCUT2D eigenvalue weighted by Gasteiger charge is -2.19. The third kappa shape index (κ3) is 6.35. The van der Waals surface area contributed by atoms with E-state index < -0.39 is 18.5 Å². The first kappa shape index (κ1) is 17.6. The highest BCUT2D eigenvalue weighted by molar-refractivity contribution is 4.75. The van der Waals surface area contributed by atoms with Gasteiger partial charge in [0, 0.05) is 19.6 Å². The van der Waals surface area contributed by atoms with Crippen LogP contribution in [0.15, 0.2) is 0 Å². The maximum atomic E-state index is 12.6. The Balaban J connectivity index is 1.92. The van der Waals surface area contributed by atoms with E-state index in [2.05, 4.69) is 0 Å². The molecule has 1 aliphatic heterocycles. The number of halogens is 5. The molecular weight excluding hydrogens is 283 g/mol. The fourth-order valence-corrected chi connectivity index (χ4v) is 2.04. The Bertz CT molecular complexity index is 262. The lowest BCUT2D eigenvalue weighted by molar-refractivity contribution is -0.284. The first-order valence-electron chi connectivity index (χ1n) is 6.97. The molecule has 20 heavy (non-hydrogen) atoms. The molecule has 1 saturated heterocycles. The Morgan fingerprint density at radius 1 is 1.00 bits per heavy atom. The van der Waals surface area contributed by atoms with Crippen molar-refractivity contribution >= 4 is 0 Å². The summed E-state index contributed by atoms with van der Waals surface area (Å²) in [7, 11) is 0. The van der Waals surface area contributed by atoms with Crippen molar-refractivity contribution in [1.82, 2.24) is 0 Å². The van der Waals surface area contributed by atoms with Crippen LogP contribution in [0.5, 0.6) is 0 Å². The Morgan fingerprint density at radius 3 is 2.30 bits per heavy atom. The quantitative estimate of drug-likeness (QED) is 0.466. The molecule has 0 N–H and O–H groups in total. The van der Waals surface area contributed by atoms with Crippen LogP contribution < -0.4 is 0 Å². The van der Waals surface area contributed by atoms with Crippen molar-refractivity contribution in [1.29, 1.82) is 0 Å². The van der Waals surface area contributed by atoms with Gasteiger partial charge in [0.1, 0.15) is 0 Å². The molecule has 0 aliphatic carbocycles. The van der Waals surface area contributed by atoms with E-state index in [0.717, 1.165) is 19.4 Å². The summed E-state index contributed by atoms with van der Waals surface area (Å²) in [5.41, 5.74) is 0. The molecule has 2 nitrogen and oxygen atoms in total.